The third-order valence-electron chi connectivity index (χ3n) is 6.73. The first kappa shape index (κ1) is 27.0. The number of sulfonamides is 1. The number of rotatable bonds is 8. The molecule has 0 aromatic heterocycles. The molecule has 0 saturated carbocycles. The van der Waals surface area contributed by atoms with Gasteiger partial charge in [0.15, 0.2) is 0 Å². The predicted molar refractivity (Wildman–Crippen MR) is 137 cm³/mol. The van der Waals surface area contributed by atoms with Gasteiger partial charge >= 0.3 is 0 Å². The van der Waals surface area contributed by atoms with Crippen LogP contribution in [-0.4, -0.2) is 81.0 Å². The van der Waals surface area contributed by atoms with Crippen molar-refractivity contribution in [3.63, 3.8) is 0 Å². The monoisotopic (exact) mass is 528 g/mol. The lowest BCUT2D eigenvalue weighted by Gasteiger charge is -2.26. The number of likely N-dealkylation sites (tertiary alicyclic amines) is 1. The van der Waals surface area contributed by atoms with Crippen LogP contribution in [0, 0.1) is 0 Å². The van der Waals surface area contributed by atoms with Crippen molar-refractivity contribution < 1.29 is 32.6 Å². The third kappa shape index (κ3) is 5.33. The molecule has 37 heavy (non-hydrogen) atoms. The summed E-state index contributed by atoms with van der Waals surface area (Å²) < 4.78 is 37.6. The molecular weight excluding hydrogens is 496 g/mol. The fraction of sp³-hybridized carbons (Fsp3) is 0.407. The Morgan fingerprint density at radius 2 is 1.68 bits per heavy atom. The quantitative estimate of drug-likeness (QED) is 0.318. The van der Waals surface area contributed by atoms with E-state index in [0.717, 1.165) is 5.56 Å². The molecule has 0 spiro atoms. The summed E-state index contributed by atoms with van der Waals surface area (Å²) in [5, 5.41) is 11.2. The number of ketones is 1. The maximum Gasteiger partial charge on any atom is 0.295 e. The second-order valence-electron chi connectivity index (χ2n) is 9.35. The number of aliphatic hydroxyl groups excluding tert-OH is 1. The van der Waals surface area contributed by atoms with E-state index in [-0.39, 0.29) is 48.0 Å². The van der Waals surface area contributed by atoms with E-state index in [1.807, 2.05) is 24.3 Å². The smallest absolute Gasteiger partial charge is 0.295 e. The maximum absolute atomic E-state index is 13.1. The van der Waals surface area contributed by atoms with Gasteiger partial charge in [0.05, 0.1) is 36.3 Å². The number of benzene rings is 2. The van der Waals surface area contributed by atoms with Gasteiger partial charge in [0.25, 0.3) is 11.7 Å². The van der Waals surface area contributed by atoms with Crippen molar-refractivity contribution in [3.05, 3.63) is 70.8 Å². The molecule has 2 heterocycles. The highest BCUT2D eigenvalue weighted by atomic mass is 32.2. The van der Waals surface area contributed by atoms with Gasteiger partial charge in [-0.1, -0.05) is 38.1 Å². The summed E-state index contributed by atoms with van der Waals surface area (Å²) in [6.07, 6.45) is 0. The molecule has 1 atom stereocenters. The molecule has 2 aromatic rings. The van der Waals surface area contributed by atoms with Crippen LogP contribution >= 0.6 is 0 Å². The summed E-state index contributed by atoms with van der Waals surface area (Å²) in [5.41, 5.74) is 2.00. The lowest BCUT2D eigenvalue weighted by Crippen LogP contribution is -2.40. The van der Waals surface area contributed by atoms with E-state index in [4.69, 9.17) is 9.47 Å². The summed E-state index contributed by atoms with van der Waals surface area (Å²) >= 11 is 0. The zero-order valence-electron chi connectivity index (χ0n) is 21.2. The SMILES string of the molecule is COCCN1C(=O)C(=O)/C(=C(\O)c2ccc(S(=O)(=O)N3CCOCC3)cc2)C1c1ccc(C(C)C)cc1. The molecule has 0 aliphatic carbocycles. The van der Waals surface area contributed by atoms with Gasteiger partial charge in [0.2, 0.25) is 10.0 Å². The van der Waals surface area contributed by atoms with Crippen LogP contribution < -0.4 is 0 Å². The number of ether oxygens (including phenoxy) is 2. The van der Waals surface area contributed by atoms with E-state index in [1.54, 1.807) is 0 Å². The van der Waals surface area contributed by atoms with E-state index in [2.05, 4.69) is 13.8 Å². The lowest BCUT2D eigenvalue weighted by atomic mass is 9.93. The van der Waals surface area contributed by atoms with Crippen molar-refractivity contribution in [2.45, 2.75) is 30.7 Å². The standard InChI is InChI=1S/C27H32N2O7S/c1-18(2)19-4-6-20(7-5-19)24-23(26(31)27(32)29(24)14-15-35-3)25(30)21-8-10-22(11-9-21)37(33,34)28-12-16-36-17-13-28/h4-11,18,24,30H,12-17H2,1-3H3/b25-23-. The molecule has 0 radical (unpaired) electrons. The molecule has 2 aliphatic heterocycles. The Labute approximate surface area is 217 Å². The van der Waals surface area contributed by atoms with Gasteiger partial charge in [0.1, 0.15) is 5.76 Å². The van der Waals surface area contributed by atoms with Gasteiger partial charge in [-0.15, -0.1) is 0 Å². The number of hydrogen-bond acceptors (Lipinski definition) is 7. The van der Waals surface area contributed by atoms with Gasteiger partial charge < -0.3 is 19.5 Å². The number of methoxy groups -OCH3 is 1. The fourth-order valence-electron chi connectivity index (χ4n) is 4.59. The van der Waals surface area contributed by atoms with Crippen molar-refractivity contribution in [1.29, 1.82) is 0 Å². The summed E-state index contributed by atoms with van der Waals surface area (Å²) in [7, 11) is -2.21. The van der Waals surface area contributed by atoms with Gasteiger partial charge in [0, 0.05) is 32.3 Å². The van der Waals surface area contributed by atoms with E-state index < -0.39 is 27.8 Å². The molecule has 2 fully saturated rings. The van der Waals surface area contributed by atoms with E-state index in [1.165, 1.54) is 40.6 Å². The largest absolute Gasteiger partial charge is 0.507 e. The molecule has 0 bridgehead atoms. The van der Waals surface area contributed by atoms with E-state index in [9.17, 15) is 23.1 Å². The molecule has 198 valence electrons. The number of morpholine rings is 1. The Bertz CT molecular complexity index is 1280. The highest BCUT2D eigenvalue weighted by Gasteiger charge is 2.45. The average molecular weight is 529 g/mol. The van der Waals surface area contributed by atoms with Crippen LogP contribution in [0.4, 0.5) is 0 Å². The highest BCUT2D eigenvalue weighted by molar-refractivity contribution is 7.89. The second-order valence-corrected chi connectivity index (χ2v) is 11.3. The summed E-state index contributed by atoms with van der Waals surface area (Å²) in [4.78, 5) is 27.6. The van der Waals surface area contributed by atoms with Crippen LogP contribution in [0.2, 0.25) is 0 Å². The Balaban J connectivity index is 1.73. The molecule has 2 saturated heterocycles. The number of carbonyl (C=O) groups is 2. The van der Waals surface area contributed by atoms with Crippen molar-refractivity contribution in [2.24, 2.45) is 0 Å². The molecule has 1 amide bonds. The minimum absolute atomic E-state index is 0.0396. The molecule has 9 nitrogen and oxygen atoms in total. The minimum atomic E-state index is -3.71. The zero-order valence-corrected chi connectivity index (χ0v) is 22.0. The van der Waals surface area contributed by atoms with Crippen molar-refractivity contribution in [3.8, 4) is 0 Å². The molecule has 1 N–H and O–H groups in total. The van der Waals surface area contributed by atoms with Crippen molar-refractivity contribution in [1.82, 2.24) is 9.21 Å². The minimum Gasteiger partial charge on any atom is -0.507 e. The normalized spacial score (nSPS) is 20.6. The first-order valence-corrected chi connectivity index (χ1v) is 13.7. The number of nitrogens with zero attached hydrogens (tertiary/aromatic N) is 2. The number of amides is 1. The zero-order chi connectivity index (χ0) is 26.7. The summed E-state index contributed by atoms with van der Waals surface area (Å²) in [5.74, 6) is -1.56. The third-order valence-corrected chi connectivity index (χ3v) is 8.64. The first-order chi connectivity index (χ1) is 17.7. The van der Waals surface area contributed by atoms with Gasteiger partial charge in [-0.05, 0) is 41.3 Å². The van der Waals surface area contributed by atoms with E-state index >= 15 is 0 Å². The van der Waals surface area contributed by atoms with Gasteiger partial charge in [-0.3, -0.25) is 9.59 Å². The van der Waals surface area contributed by atoms with Gasteiger partial charge in [-0.2, -0.15) is 4.31 Å². The lowest BCUT2D eigenvalue weighted by molar-refractivity contribution is -0.140. The molecule has 4 rings (SSSR count). The van der Waals surface area contributed by atoms with Gasteiger partial charge in [-0.25, -0.2) is 8.42 Å². The Hall–Kier alpha value is -3.05. The highest BCUT2D eigenvalue weighted by Crippen LogP contribution is 2.39. The first-order valence-electron chi connectivity index (χ1n) is 12.2. The van der Waals surface area contributed by atoms with Crippen LogP contribution in [0.1, 0.15) is 42.5 Å². The molecular formula is C27H32N2O7S. The Kier molecular flexibility index (Phi) is 8.13. The van der Waals surface area contributed by atoms with Crippen LogP contribution in [0.25, 0.3) is 5.76 Å². The predicted octanol–water partition coefficient (Wildman–Crippen LogP) is 2.90. The van der Waals surface area contributed by atoms with E-state index in [0.29, 0.717) is 24.7 Å². The number of aliphatic hydroxyl groups is 1. The molecule has 2 aliphatic rings. The molecule has 10 heteroatoms. The second kappa shape index (κ2) is 11.1. The molecule has 1 unspecified atom stereocenters. The summed E-state index contributed by atoms with van der Waals surface area (Å²) in [6.45, 7) is 5.74. The number of carbonyl (C=O) groups excluding carboxylic acids is 2. The Morgan fingerprint density at radius 1 is 1.05 bits per heavy atom. The topological polar surface area (TPSA) is 113 Å². The summed E-state index contributed by atoms with van der Waals surface area (Å²) in [6, 6.07) is 12.5. The van der Waals surface area contributed by atoms with Crippen molar-refractivity contribution >= 4 is 27.5 Å². The van der Waals surface area contributed by atoms with Crippen LogP contribution in [0.15, 0.2) is 59.0 Å². The number of Topliss-reactive ketones (excluding diaryl/α,β-unsaturated/α-hetero) is 1. The van der Waals surface area contributed by atoms with Crippen LogP contribution in [0.5, 0.6) is 0 Å². The van der Waals surface area contributed by atoms with Crippen molar-refractivity contribution in [2.75, 3.05) is 46.6 Å². The fourth-order valence-corrected chi connectivity index (χ4v) is 5.99. The maximum atomic E-state index is 13.1. The Morgan fingerprint density at radius 3 is 2.24 bits per heavy atom. The van der Waals surface area contributed by atoms with Crippen LogP contribution in [-0.2, 0) is 29.1 Å². The van der Waals surface area contributed by atoms with Crippen LogP contribution in [0.3, 0.4) is 0 Å². The molecule has 2 aromatic carbocycles. The number of hydrogen-bond donors (Lipinski definition) is 1. The average Bonchev–Trinajstić information content (AvgIpc) is 3.17.